The maximum atomic E-state index is 9.84. The standard InChI is InChI=1S/C27H35N3O/c1-2-14-29(26-12-10-23-11-13-27(31)22-24(23)21-26)16-7-6-15-28-17-19-30(20-18-28)25-8-4-3-5-9-25/h1,3-5,8-9,11,13,22,26,31H,6-7,10,12,14-21H2/t26-/m0/s1. The largest absolute Gasteiger partial charge is 0.508 e. The van der Waals surface area contributed by atoms with Gasteiger partial charge in [-0.1, -0.05) is 30.2 Å². The van der Waals surface area contributed by atoms with Crippen LogP contribution in [0.25, 0.3) is 0 Å². The van der Waals surface area contributed by atoms with Gasteiger partial charge in [0.25, 0.3) is 0 Å². The van der Waals surface area contributed by atoms with Gasteiger partial charge in [0.1, 0.15) is 5.75 Å². The molecule has 1 fully saturated rings. The van der Waals surface area contributed by atoms with E-state index < -0.39 is 0 Å². The SMILES string of the molecule is C#CCN(CCCCN1CCN(c2ccccc2)CC1)[C@H]1CCc2ccc(O)cc2C1. The molecule has 4 nitrogen and oxygen atoms in total. The van der Waals surface area contributed by atoms with E-state index in [0.29, 0.717) is 18.3 Å². The van der Waals surface area contributed by atoms with Gasteiger partial charge in [-0.3, -0.25) is 9.80 Å². The highest BCUT2D eigenvalue weighted by Crippen LogP contribution is 2.27. The first-order valence-corrected chi connectivity index (χ1v) is 11.7. The fraction of sp³-hybridized carbons (Fsp3) is 0.481. The Morgan fingerprint density at radius 3 is 2.58 bits per heavy atom. The van der Waals surface area contributed by atoms with Crippen LogP contribution in [0.2, 0.25) is 0 Å². The summed E-state index contributed by atoms with van der Waals surface area (Å²) in [5, 5.41) is 9.84. The van der Waals surface area contributed by atoms with E-state index in [1.54, 1.807) is 6.07 Å². The molecule has 4 heteroatoms. The molecule has 1 heterocycles. The van der Waals surface area contributed by atoms with Crippen LogP contribution in [0, 0.1) is 12.3 Å². The molecule has 2 aromatic rings. The molecule has 164 valence electrons. The molecule has 1 aliphatic heterocycles. The lowest BCUT2D eigenvalue weighted by Gasteiger charge is -2.36. The summed E-state index contributed by atoms with van der Waals surface area (Å²) in [6, 6.07) is 17.0. The Hall–Kier alpha value is -2.48. The van der Waals surface area contributed by atoms with Crippen LogP contribution in [0.3, 0.4) is 0 Å². The molecule has 1 aliphatic carbocycles. The van der Waals surface area contributed by atoms with Crippen molar-refractivity contribution in [2.75, 3.05) is 50.7 Å². The van der Waals surface area contributed by atoms with Crippen LogP contribution >= 0.6 is 0 Å². The zero-order chi connectivity index (χ0) is 21.5. The Bertz CT molecular complexity index is 868. The number of benzene rings is 2. The Morgan fingerprint density at radius 1 is 1.00 bits per heavy atom. The number of hydrogen-bond donors (Lipinski definition) is 1. The summed E-state index contributed by atoms with van der Waals surface area (Å²) >= 11 is 0. The van der Waals surface area contributed by atoms with E-state index >= 15 is 0 Å². The minimum absolute atomic E-state index is 0.371. The number of phenols is 1. The molecule has 0 spiro atoms. The van der Waals surface area contributed by atoms with E-state index in [0.717, 1.165) is 52.0 Å². The van der Waals surface area contributed by atoms with Crippen LogP contribution in [0.1, 0.15) is 30.4 Å². The molecule has 1 N–H and O–H groups in total. The number of terminal acetylenes is 1. The average molecular weight is 418 g/mol. The molecule has 0 aromatic heterocycles. The van der Waals surface area contributed by atoms with Crippen LogP contribution in [0.15, 0.2) is 48.5 Å². The highest BCUT2D eigenvalue weighted by atomic mass is 16.3. The van der Waals surface area contributed by atoms with Gasteiger partial charge in [-0.2, -0.15) is 0 Å². The van der Waals surface area contributed by atoms with Gasteiger partial charge < -0.3 is 10.0 Å². The molecule has 0 unspecified atom stereocenters. The van der Waals surface area contributed by atoms with Gasteiger partial charge in [-0.05, 0) is 80.6 Å². The van der Waals surface area contributed by atoms with Crippen molar-refractivity contribution in [3.8, 4) is 18.1 Å². The highest BCUT2D eigenvalue weighted by Gasteiger charge is 2.24. The smallest absolute Gasteiger partial charge is 0.115 e. The van der Waals surface area contributed by atoms with Crippen LogP contribution < -0.4 is 4.90 Å². The summed E-state index contributed by atoms with van der Waals surface area (Å²) < 4.78 is 0. The number of para-hydroxylation sites is 1. The lowest BCUT2D eigenvalue weighted by molar-refractivity contribution is 0.190. The Morgan fingerprint density at radius 2 is 1.81 bits per heavy atom. The lowest BCUT2D eigenvalue weighted by atomic mass is 9.87. The number of nitrogens with zero attached hydrogens (tertiary/aromatic N) is 3. The number of anilines is 1. The van der Waals surface area contributed by atoms with E-state index in [4.69, 9.17) is 6.42 Å². The first-order valence-electron chi connectivity index (χ1n) is 11.7. The molecule has 31 heavy (non-hydrogen) atoms. The summed E-state index contributed by atoms with van der Waals surface area (Å²) in [6.07, 6.45) is 11.3. The van der Waals surface area contributed by atoms with Crippen molar-refractivity contribution in [2.45, 2.75) is 38.1 Å². The van der Waals surface area contributed by atoms with Gasteiger partial charge in [0.2, 0.25) is 0 Å². The van der Waals surface area contributed by atoms with Crippen molar-refractivity contribution in [1.82, 2.24) is 9.80 Å². The Labute approximate surface area is 187 Å². The maximum absolute atomic E-state index is 9.84. The summed E-state index contributed by atoms with van der Waals surface area (Å²) in [6.45, 7) is 7.47. The van der Waals surface area contributed by atoms with Crippen molar-refractivity contribution in [3.63, 3.8) is 0 Å². The first kappa shape index (κ1) is 21.7. The summed E-state index contributed by atoms with van der Waals surface area (Å²) in [5.41, 5.74) is 4.01. The molecule has 1 saturated heterocycles. The minimum Gasteiger partial charge on any atom is -0.508 e. The highest BCUT2D eigenvalue weighted by molar-refractivity contribution is 5.46. The average Bonchev–Trinajstić information content (AvgIpc) is 2.81. The molecule has 1 atom stereocenters. The predicted octanol–water partition coefficient (Wildman–Crippen LogP) is 3.79. The van der Waals surface area contributed by atoms with Gasteiger partial charge in [-0.25, -0.2) is 0 Å². The van der Waals surface area contributed by atoms with Crippen LogP contribution in [0.4, 0.5) is 5.69 Å². The summed E-state index contributed by atoms with van der Waals surface area (Å²) in [4.78, 5) is 7.58. The Kier molecular flexibility index (Phi) is 7.51. The molecular weight excluding hydrogens is 382 g/mol. The van der Waals surface area contributed by atoms with Crippen molar-refractivity contribution in [3.05, 3.63) is 59.7 Å². The van der Waals surface area contributed by atoms with Gasteiger partial charge in [-0.15, -0.1) is 6.42 Å². The number of rotatable bonds is 8. The van der Waals surface area contributed by atoms with Crippen molar-refractivity contribution in [1.29, 1.82) is 0 Å². The number of phenolic OH excluding ortho intramolecular Hbond substituents is 1. The Balaban J connectivity index is 1.20. The topological polar surface area (TPSA) is 30.0 Å². The lowest BCUT2D eigenvalue weighted by Crippen LogP contribution is -2.46. The number of piperazine rings is 1. The first-order chi connectivity index (χ1) is 15.2. The number of fused-ring (bicyclic) bond motifs is 1. The predicted molar refractivity (Wildman–Crippen MR) is 129 cm³/mol. The molecule has 0 saturated carbocycles. The maximum Gasteiger partial charge on any atom is 0.115 e. The fourth-order valence-electron chi connectivity index (χ4n) is 5.06. The third-order valence-electron chi connectivity index (χ3n) is 6.87. The third kappa shape index (κ3) is 5.81. The van der Waals surface area contributed by atoms with Gasteiger partial charge in [0.05, 0.1) is 6.54 Å². The molecule has 2 aromatic carbocycles. The zero-order valence-electron chi connectivity index (χ0n) is 18.5. The van der Waals surface area contributed by atoms with E-state index in [1.165, 1.54) is 36.2 Å². The van der Waals surface area contributed by atoms with E-state index in [1.807, 2.05) is 6.07 Å². The van der Waals surface area contributed by atoms with E-state index in [2.05, 4.69) is 57.0 Å². The molecular formula is C27H35N3O. The summed E-state index contributed by atoms with van der Waals surface area (Å²) in [5.74, 6) is 3.24. The molecule has 0 amide bonds. The van der Waals surface area contributed by atoms with E-state index in [9.17, 15) is 5.11 Å². The van der Waals surface area contributed by atoms with Crippen molar-refractivity contribution >= 4 is 5.69 Å². The number of aromatic hydroxyl groups is 1. The minimum atomic E-state index is 0.371. The second-order valence-corrected chi connectivity index (χ2v) is 8.90. The van der Waals surface area contributed by atoms with E-state index in [-0.39, 0.29) is 0 Å². The quantitative estimate of drug-likeness (QED) is 0.523. The number of hydrogen-bond acceptors (Lipinski definition) is 4. The molecule has 0 radical (unpaired) electrons. The van der Waals surface area contributed by atoms with Gasteiger partial charge >= 0.3 is 0 Å². The number of aryl methyl sites for hydroxylation is 1. The molecule has 0 bridgehead atoms. The molecule has 4 rings (SSSR count). The second-order valence-electron chi connectivity index (χ2n) is 8.90. The van der Waals surface area contributed by atoms with Gasteiger partial charge in [0, 0.05) is 37.9 Å². The second kappa shape index (κ2) is 10.7. The van der Waals surface area contributed by atoms with Crippen LogP contribution in [0.5, 0.6) is 5.75 Å². The van der Waals surface area contributed by atoms with Crippen molar-refractivity contribution < 1.29 is 5.11 Å². The summed E-state index contributed by atoms with van der Waals surface area (Å²) in [7, 11) is 0. The zero-order valence-corrected chi connectivity index (χ0v) is 18.5. The monoisotopic (exact) mass is 417 g/mol. The fourth-order valence-corrected chi connectivity index (χ4v) is 5.06. The van der Waals surface area contributed by atoms with Crippen molar-refractivity contribution in [2.24, 2.45) is 0 Å². The van der Waals surface area contributed by atoms with Crippen LogP contribution in [-0.2, 0) is 12.8 Å². The third-order valence-corrected chi connectivity index (χ3v) is 6.87. The molecule has 2 aliphatic rings. The number of unbranched alkanes of at least 4 members (excludes halogenated alkanes) is 1. The van der Waals surface area contributed by atoms with Gasteiger partial charge in [0.15, 0.2) is 0 Å². The normalized spacial score (nSPS) is 19.2. The van der Waals surface area contributed by atoms with Crippen LogP contribution in [-0.4, -0.2) is 66.8 Å².